The molecule has 0 aliphatic heterocycles. The second-order valence-electron chi connectivity index (χ2n) is 6.48. The van der Waals surface area contributed by atoms with Crippen molar-refractivity contribution in [2.45, 2.75) is 13.8 Å². The first-order valence-electron chi connectivity index (χ1n) is 9.07. The van der Waals surface area contributed by atoms with E-state index in [1.54, 1.807) is 26.2 Å². The average Bonchev–Trinajstić information content (AvgIpc) is 3.31. The average molecular weight is 423 g/mol. The van der Waals surface area contributed by atoms with E-state index in [4.69, 9.17) is 4.74 Å². The summed E-state index contributed by atoms with van der Waals surface area (Å²) < 4.78 is 19.8. The number of ether oxygens (including phenoxy) is 1. The molecule has 0 bridgehead atoms. The van der Waals surface area contributed by atoms with Crippen molar-refractivity contribution < 1.29 is 13.9 Å². The molecular weight excluding hydrogens is 405 g/mol. The van der Waals surface area contributed by atoms with Gasteiger partial charge in [-0.25, -0.2) is 19.0 Å². The van der Waals surface area contributed by atoms with Crippen LogP contribution in [-0.4, -0.2) is 32.8 Å². The minimum atomic E-state index is -0.464. The van der Waals surface area contributed by atoms with Crippen LogP contribution < -0.4 is 10.1 Å². The summed E-state index contributed by atoms with van der Waals surface area (Å²) in [4.78, 5) is 22.4. The SMILES string of the molecule is COc1ccc(-c2nc(NC(=O)c3nc(C)n(-c4ccc(F)cc4)n3)sc2C)cc1. The number of methoxy groups -OCH3 is 1. The van der Waals surface area contributed by atoms with Crippen molar-refractivity contribution in [1.82, 2.24) is 19.7 Å². The number of nitrogens with one attached hydrogen (secondary N) is 1. The molecule has 4 rings (SSSR count). The standard InChI is InChI=1S/C21H18FN5O2S/c1-12-18(14-4-10-17(29-3)11-5-14)24-21(30-12)25-20(28)19-23-13(2)27(26-19)16-8-6-15(22)7-9-16/h4-11H,1-3H3,(H,24,25,28). The normalized spacial score (nSPS) is 10.8. The highest BCUT2D eigenvalue weighted by Crippen LogP contribution is 2.31. The molecule has 0 fully saturated rings. The molecule has 1 amide bonds. The van der Waals surface area contributed by atoms with Crippen LogP contribution in [0.4, 0.5) is 9.52 Å². The first-order valence-corrected chi connectivity index (χ1v) is 9.89. The van der Waals surface area contributed by atoms with Crippen LogP contribution in [0.2, 0.25) is 0 Å². The third kappa shape index (κ3) is 3.92. The molecule has 4 aromatic rings. The predicted octanol–water partition coefficient (Wildman–Crippen LogP) is 4.41. The van der Waals surface area contributed by atoms with Crippen molar-refractivity contribution in [3.05, 3.63) is 70.9 Å². The maximum atomic E-state index is 13.2. The number of nitrogens with zero attached hydrogens (tertiary/aromatic N) is 4. The second-order valence-corrected chi connectivity index (χ2v) is 7.68. The number of benzene rings is 2. The van der Waals surface area contributed by atoms with Gasteiger partial charge in [-0.2, -0.15) is 0 Å². The minimum absolute atomic E-state index is 0.00988. The van der Waals surface area contributed by atoms with Crippen LogP contribution in [0, 0.1) is 19.7 Å². The van der Waals surface area contributed by atoms with Gasteiger partial charge in [0, 0.05) is 10.4 Å². The maximum absolute atomic E-state index is 13.2. The van der Waals surface area contributed by atoms with E-state index in [1.165, 1.54) is 28.2 Å². The predicted molar refractivity (Wildman–Crippen MR) is 113 cm³/mol. The Hall–Kier alpha value is -3.59. The van der Waals surface area contributed by atoms with Gasteiger partial charge in [0.15, 0.2) is 5.13 Å². The number of amides is 1. The summed E-state index contributed by atoms with van der Waals surface area (Å²) in [6.45, 7) is 3.67. The highest BCUT2D eigenvalue weighted by atomic mass is 32.1. The Morgan fingerprint density at radius 3 is 2.43 bits per heavy atom. The van der Waals surface area contributed by atoms with E-state index in [-0.39, 0.29) is 11.6 Å². The Morgan fingerprint density at radius 2 is 1.77 bits per heavy atom. The van der Waals surface area contributed by atoms with Crippen molar-refractivity contribution in [3.63, 3.8) is 0 Å². The molecule has 0 atom stereocenters. The molecule has 7 nitrogen and oxygen atoms in total. The molecular formula is C21H18FN5O2S. The number of hydrogen-bond acceptors (Lipinski definition) is 6. The third-order valence-corrected chi connectivity index (χ3v) is 5.31. The van der Waals surface area contributed by atoms with Crippen molar-refractivity contribution in [2.24, 2.45) is 0 Å². The molecule has 2 aromatic carbocycles. The summed E-state index contributed by atoms with van der Waals surface area (Å²) >= 11 is 1.37. The van der Waals surface area contributed by atoms with E-state index >= 15 is 0 Å². The number of anilines is 1. The highest BCUT2D eigenvalue weighted by Gasteiger charge is 2.18. The third-order valence-electron chi connectivity index (χ3n) is 4.42. The lowest BCUT2D eigenvalue weighted by Crippen LogP contribution is -2.14. The van der Waals surface area contributed by atoms with E-state index in [1.807, 2.05) is 31.2 Å². The van der Waals surface area contributed by atoms with Crippen molar-refractivity contribution >= 4 is 22.4 Å². The summed E-state index contributed by atoms with van der Waals surface area (Å²) in [6, 6.07) is 13.4. The van der Waals surface area contributed by atoms with Crippen LogP contribution >= 0.6 is 11.3 Å². The lowest BCUT2D eigenvalue weighted by Gasteiger charge is -2.02. The van der Waals surface area contributed by atoms with Gasteiger partial charge in [0.1, 0.15) is 17.4 Å². The molecule has 30 heavy (non-hydrogen) atoms. The van der Waals surface area contributed by atoms with Crippen molar-refractivity contribution in [3.8, 4) is 22.7 Å². The highest BCUT2D eigenvalue weighted by molar-refractivity contribution is 7.16. The molecule has 0 unspecified atom stereocenters. The fourth-order valence-corrected chi connectivity index (χ4v) is 3.76. The Labute approximate surface area is 176 Å². The smallest absolute Gasteiger partial charge is 0.297 e. The number of carbonyl (C=O) groups is 1. The van der Waals surface area contributed by atoms with Crippen LogP contribution in [0.1, 0.15) is 21.3 Å². The van der Waals surface area contributed by atoms with Gasteiger partial charge < -0.3 is 4.74 Å². The lowest BCUT2D eigenvalue weighted by molar-refractivity contribution is 0.101. The Kier molecular flexibility index (Phi) is 5.28. The van der Waals surface area contributed by atoms with Gasteiger partial charge in [-0.05, 0) is 62.4 Å². The van der Waals surface area contributed by atoms with E-state index in [0.717, 1.165) is 21.9 Å². The van der Waals surface area contributed by atoms with Crippen molar-refractivity contribution in [1.29, 1.82) is 0 Å². The zero-order valence-electron chi connectivity index (χ0n) is 16.5. The Balaban J connectivity index is 1.54. The molecule has 9 heteroatoms. The summed E-state index contributed by atoms with van der Waals surface area (Å²) in [7, 11) is 1.61. The largest absolute Gasteiger partial charge is 0.497 e. The van der Waals surface area contributed by atoms with E-state index in [9.17, 15) is 9.18 Å². The van der Waals surface area contributed by atoms with Crippen LogP contribution in [0.15, 0.2) is 48.5 Å². The Morgan fingerprint density at radius 1 is 1.07 bits per heavy atom. The minimum Gasteiger partial charge on any atom is -0.497 e. The van der Waals surface area contributed by atoms with Gasteiger partial charge >= 0.3 is 0 Å². The molecule has 2 heterocycles. The monoisotopic (exact) mass is 423 g/mol. The number of aryl methyl sites for hydroxylation is 2. The summed E-state index contributed by atoms with van der Waals surface area (Å²) in [5.74, 6) is 0.477. The van der Waals surface area contributed by atoms with Gasteiger partial charge in [-0.3, -0.25) is 10.1 Å². The second kappa shape index (κ2) is 8.03. The number of rotatable bonds is 5. The van der Waals surface area contributed by atoms with Gasteiger partial charge in [0.2, 0.25) is 5.82 Å². The van der Waals surface area contributed by atoms with Crippen LogP contribution in [0.25, 0.3) is 16.9 Å². The number of halogens is 1. The van der Waals surface area contributed by atoms with Crippen molar-refractivity contribution in [2.75, 3.05) is 12.4 Å². The van der Waals surface area contributed by atoms with Gasteiger partial charge in [0.05, 0.1) is 18.5 Å². The van der Waals surface area contributed by atoms with E-state index < -0.39 is 5.91 Å². The molecule has 0 aliphatic rings. The van der Waals surface area contributed by atoms with Gasteiger partial charge in [-0.1, -0.05) is 0 Å². The number of carbonyl (C=O) groups excluding carboxylic acids is 1. The number of hydrogen-bond donors (Lipinski definition) is 1. The lowest BCUT2D eigenvalue weighted by atomic mass is 10.1. The summed E-state index contributed by atoms with van der Waals surface area (Å²) in [6.07, 6.45) is 0. The number of aromatic nitrogens is 4. The quantitative estimate of drug-likeness (QED) is 0.514. The molecule has 0 radical (unpaired) electrons. The zero-order chi connectivity index (χ0) is 21.3. The molecule has 0 aliphatic carbocycles. The summed E-state index contributed by atoms with van der Waals surface area (Å²) in [5, 5.41) is 7.46. The molecule has 1 N–H and O–H groups in total. The zero-order valence-corrected chi connectivity index (χ0v) is 17.3. The maximum Gasteiger partial charge on any atom is 0.297 e. The topological polar surface area (TPSA) is 81.9 Å². The van der Waals surface area contributed by atoms with Gasteiger partial charge in [0.25, 0.3) is 5.91 Å². The summed E-state index contributed by atoms with van der Waals surface area (Å²) in [5.41, 5.74) is 2.34. The van der Waals surface area contributed by atoms with Crippen LogP contribution in [-0.2, 0) is 0 Å². The molecule has 2 aromatic heterocycles. The van der Waals surface area contributed by atoms with Crippen LogP contribution in [0.3, 0.4) is 0 Å². The molecule has 0 saturated heterocycles. The van der Waals surface area contributed by atoms with E-state index in [0.29, 0.717) is 16.6 Å². The molecule has 0 spiro atoms. The fraction of sp³-hybridized carbons (Fsp3) is 0.143. The van der Waals surface area contributed by atoms with E-state index in [2.05, 4.69) is 20.4 Å². The van der Waals surface area contributed by atoms with Gasteiger partial charge in [-0.15, -0.1) is 16.4 Å². The first-order chi connectivity index (χ1) is 14.4. The molecule has 152 valence electrons. The van der Waals surface area contributed by atoms with Crippen LogP contribution in [0.5, 0.6) is 5.75 Å². The Bertz CT molecular complexity index is 1200. The number of thiazole rings is 1. The first kappa shape index (κ1) is 19.7. The fourth-order valence-electron chi connectivity index (χ4n) is 2.93. The molecule has 0 saturated carbocycles.